The number of hydrogen-bond acceptors (Lipinski definition) is 4. The normalized spacial score (nSPS) is 13.0. The maximum absolute atomic E-state index is 11.5. The molecule has 0 bridgehead atoms. The molecule has 2 aromatic rings. The van der Waals surface area contributed by atoms with Gasteiger partial charge in [-0.1, -0.05) is 39.7 Å². The van der Waals surface area contributed by atoms with Gasteiger partial charge in [-0.2, -0.15) is 0 Å². The van der Waals surface area contributed by atoms with E-state index in [4.69, 9.17) is 25.8 Å². The number of carbonyl (C=O) groups is 1. The van der Waals surface area contributed by atoms with Crippen LogP contribution in [0.5, 0.6) is 11.5 Å². The van der Waals surface area contributed by atoms with Crippen LogP contribution in [0.25, 0.3) is 0 Å². The molecule has 0 spiro atoms. The van der Waals surface area contributed by atoms with Gasteiger partial charge in [0, 0.05) is 5.02 Å². The molecule has 0 aromatic heterocycles. The summed E-state index contributed by atoms with van der Waals surface area (Å²) in [7, 11) is 1.36. The lowest BCUT2D eigenvalue weighted by Crippen LogP contribution is -2.21. The highest BCUT2D eigenvalue weighted by atomic mass is 79.9. The van der Waals surface area contributed by atoms with Crippen LogP contribution < -0.4 is 9.47 Å². The van der Waals surface area contributed by atoms with E-state index >= 15 is 0 Å². The molecule has 2 unspecified atom stereocenters. The zero-order chi connectivity index (χ0) is 17.5. The van der Waals surface area contributed by atoms with Gasteiger partial charge in [0.2, 0.25) is 0 Å². The number of hydrogen-bond donors (Lipinski definition) is 0. The predicted octanol–water partition coefficient (Wildman–Crippen LogP) is 4.80. The van der Waals surface area contributed by atoms with Gasteiger partial charge in [0.25, 0.3) is 0 Å². The first-order valence-electron chi connectivity index (χ1n) is 7.36. The number of methoxy groups -OCH3 is 1. The van der Waals surface area contributed by atoms with E-state index in [2.05, 4.69) is 15.9 Å². The van der Waals surface area contributed by atoms with Gasteiger partial charge >= 0.3 is 5.97 Å². The molecule has 0 saturated carbocycles. The summed E-state index contributed by atoms with van der Waals surface area (Å²) in [6.45, 7) is 2.32. The first-order valence-corrected chi connectivity index (χ1v) is 8.66. The zero-order valence-electron chi connectivity index (χ0n) is 13.4. The fourth-order valence-corrected chi connectivity index (χ4v) is 2.58. The van der Waals surface area contributed by atoms with Crippen LogP contribution in [-0.4, -0.2) is 25.8 Å². The zero-order valence-corrected chi connectivity index (χ0v) is 15.7. The van der Waals surface area contributed by atoms with Gasteiger partial charge in [0.1, 0.15) is 29.0 Å². The average Bonchev–Trinajstić information content (AvgIpc) is 2.61. The molecule has 0 amide bonds. The van der Waals surface area contributed by atoms with E-state index in [0.717, 1.165) is 11.3 Å². The Balaban J connectivity index is 1.85. The summed E-state index contributed by atoms with van der Waals surface area (Å²) in [4.78, 5) is 11.0. The van der Waals surface area contributed by atoms with Crippen molar-refractivity contribution in [2.24, 2.45) is 0 Å². The molecule has 0 saturated heterocycles. The molecule has 2 rings (SSSR count). The second-order valence-corrected chi connectivity index (χ2v) is 6.50. The van der Waals surface area contributed by atoms with Crippen LogP contribution in [0.2, 0.25) is 5.02 Å². The SMILES string of the molecule is COC(=O)C(Br)c1ccc(OCC(C)Oc2ccc(Cl)cc2)cc1. The third-order valence-corrected chi connectivity index (χ3v) is 4.37. The summed E-state index contributed by atoms with van der Waals surface area (Å²) in [6, 6.07) is 14.4. The molecule has 6 heteroatoms. The van der Waals surface area contributed by atoms with Gasteiger partial charge in [0.15, 0.2) is 0 Å². The quantitative estimate of drug-likeness (QED) is 0.483. The van der Waals surface area contributed by atoms with E-state index in [1.165, 1.54) is 7.11 Å². The minimum Gasteiger partial charge on any atom is -0.490 e. The highest BCUT2D eigenvalue weighted by Gasteiger charge is 2.17. The summed E-state index contributed by atoms with van der Waals surface area (Å²) in [5.74, 6) is 1.11. The topological polar surface area (TPSA) is 44.8 Å². The van der Waals surface area contributed by atoms with Crippen molar-refractivity contribution in [3.63, 3.8) is 0 Å². The number of ether oxygens (including phenoxy) is 3. The van der Waals surface area contributed by atoms with E-state index in [1.54, 1.807) is 12.1 Å². The summed E-state index contributed by atoms with van der Waals surface area (Å²) >= 11 is 9.14. The fourth-order valence-electron chi connectivity index (χ4n) is 1.97. The molecule has 0 N–H and O–H groups in total. The van der Waals surface area contributed by atoms with Crippen molar-refractivity contribution in [1.82, 2.24) is 0 Å². The van der Waals surface area contributed by atoms with Crippen molar-refractivity contribution < 1.29 is 19.0 Å². The number of carbonyl (C=O) groups excluding carboxylic acids is 1. The molecule has 0 aliphatic rings. The van der Waals surface area contributed by atoms with Crippen LogP contribution in [0.4, 0.5) is 0 Å². The van der Waals surface area contributed by atoms with Crippen LogP contribution in [-0.2, 0) is 9.53 Å². The smallest absolute Gasteiger partial charge is 0.323 e. The highest BCUT2D eigenvalue weighted by molar-refractivity contribution is 9.09. The van der Waals surface area contributed by atoms with Crippen molar-refractivity contribution in [2.45, 2.75) is 17.9 Å². The monoisotopic (exact) mass is 412 g/mol. The van der Waals surface area contributed by atoms with E-state index in [0.29, 0.717) is 17.4 Å². The predicted molar refractivity (Wildman–Crippen MR) is 97.2 cm³/mol. The van der Waals surface area contributed by atoms with Gasteiger partial charge in [-0.15, -0.1) is 0 Å². The van der Waals surface area contributed by atoms with Gasteiger partial charge in [-0.3, -0.25) is 4.79 Å². The third kappa shape index (κ3) is 5.42. The molecule has 0 fully saturated rings. The molecule has 2 atom stereocenters. The van der Waals surface area contributed by atoms with E-state index in [-0.39, 0.29) is 12.1 Å². The van der Waals surface area contributed by atoms with Gasteiger partial charge in [-0.05, 0) is 48.9 Å². The average molecular weight is 414 g/mol. The van der Waals surface area contributed by atoms with Crippen molar-refractivity contribution in [3.8, 4) is 11.5 Å². The van der Waals surface area contributed by atoms with Crippen LogP contribution in [0.15, 0.2) is 48.5 Å². The Morgan fingerprint density at radius 3 is 2.25 bits per heavy atom. The molecule has 2 aromatic carbocycles. The maximum atomic E-state index is 11.5. The molecule has 0 radical (unpaired) electrons. The Hall–Kier alpha value is -1.72. The molecule has 128 valence electrons. The highest BCUT2D eigenvalue weighted by Crippen LogP contribution is 2.26. The fraction of sp³-hybridized carbons (Fsp3) is 0.278. The van der Waals surface area contributed by atoms with E-state index < -0.39 is 4.83 Å². The van der Waals surface area contributed by atoms with Crippen LogP contribution >= 0.6 is 27.5 Å². The summed E-state index contributed by atoms with van der Waals surface area (Å²) in [6.07, 6.45) is -0.121. The lowest BCUT2D eigenvalue weighted by Gasteiger charge is -2.16. The van der Waals surface area contributed by atoms with E-state index in [9.17, 15) is 4.79 Å². The minimum absolute atomic E-state index is 0.121. The summed E-state index contributed by atoms with van der Waals surface area (Å²) in [5.41, 5.74) is 0.805. The third-order valence-electron chi connectivity index (χ3n) is 3.22. The van der Waals surface area contributed by atoms with Gasteiger partial charge < -0.3 is 14.2 Å². The summed E-state index contributed by atoms with van der Waals surface area (Å²) in [5, 5.41) is 0.670. The first-order chi connectivity index (χ1) is 11.5. The Bertz CT molecular complexity index is 658. The molecule has 4 nitrogen and oxygen atoms in total. The lowest BCUT2D eigenvalue weighted by atomic mass is 10.1. The molecule has 24 heavy (non-hydrogen) atoms. The lowest BCUT2D eigenvalue weighted by molar-refractivity contribution is -0.139. The van der Waals surface area contributed by atoms with Gasteiger partial charge in [-0.25, -0.2) is 0 Å². The van der Waals surface area contributed by atoms with Crippen molar-refractivity contribution in [2.75, 3.05) is 13.7 Å². The Kier molecular flexibility index (Phi) is 6.94. The second-order valence-electron chi connectivity index (χ2n) is 5.15. The van der Waals surface area contributed by atoms with Gasteiger partial charge in [0.05, 0.1) is 7.11 Å². The van der Waals surface area contributed by atoms with Crippen LogP contribution in [0.3, 0.4) is 0 Å². The van der Waals surface area contributed by atoms with Crippen molar-refractivity contribution in [1.29, 1.82) is 0 Å². The molecule has 0 heterocycles. The second kappa shape index (κ2) is 8.94. The number of rotatable bonds is 7. The number of alkyl halides is 1. The number of benzene rings is 2. The molecular weight excluding hydrogens is 396 g/mol. The van der Waals surface area contributed by atoms with Crippen molar-refractivity contribution >= 4 is 33.5 Å². The Morgan fingerprint density at radius 1 is 1.08 bits per heavy atom. The largest absolute Gasteiger partial charge is 0.490 e. The Morgan fingerprint density at radius 2 is 1.67 bits per heavy atom. The first kappa shape index (κ1) is 18.6. The van der Waals surface area contributed by atoms with Crippen LogP contribution in [0, 0.1) is 0 Å². The molecular formula is C18H18BrClO4. The molecule has 0 aliphatic heterocycles. The van der Waals surface area contributed by atoms with Crippen LogP contribution in [0.1, 0.15) is 17.3 Å². The van der Waals surface area contributed by atoms with Crippen molar-refractivity contribution in [3.05, 3.63) is 59.1 Å². The van der Waals surface area contributed by atoms with E-state index in [1.807, 2.05) is 43.3 Å². The maximum Gasteiger partial charge on any atom is 0.323 e. The minimum atomic E-state index is -0.483. The number of halogens is 2. The summed E-state index contributed by atoms with van der Waals surface area (Å²) < 4.78 is 16.1. The molecule has 0 aliphatic carbocycles. The standard InChI is InChI=1S/C18H18BrClO4/c1-12(24-16-9-5-14(20)6-10-16)11-23-15-7-3-13(4-8-15)17(19)18(21)22-2/h3-10,12,17H,11H2,1-2H3. The Labute approximate surface area is 154 Å². The number of esters is 1.